The first-order valence-corrected chi connectivity index (χ1v) is 6.25. The minimum atomic E-state index is 0.0692. The van der Waals surface area contributed by atoms with Gasteiger partial charge in [0.15, 0.2) is 0 Å². The van der Waals surface area contributed by atoms with Gasteiger partial charge in [0.25, 0.3) is 0 Å². The maximum atomic E-state index is 12.4. The molecule has 2 rings (SSSR count). The van der Waals surface area contributed by atoms with Crippen LogP contribution in [0.25, 0.3) is 0 Å². The molecule has 0 bridgehead atoms. The molecule has 1 heterocycles. The monoisotopic (exact) mass is 225 g/mol. The second-order valence-electron chi connectivity index (χ2n) is 6.39. The van der Waals surface area contributed by atoms with Crippen molar-refractivity contribution in [2.24, 2.45) is 16.7 Å². The van der Waals surface area contributed by atoms with E-state index in [1.807, 2.05) is 4.90 Å². The van der Waals surface area contributed by atoms with Crippen molar-refractivity contribution in [3.8, 4) is 0 Å². The van der Waals surface area contributed by atoms with E-state index in [1.54, 1.807) is 0 Å². The molecule has 2 fully saturated rings. The number of likely N-dealkylation sites (tertiary alicyclic amines) is 1. The van der Waals surface area contributed by atoms with Gasteiger partial charge >= 0.3 is 0 Å². The van der Waals surface area contributed by atoms with Crippen molar-refractivity contribution < 1.29 is 9.90 Å². The second-order valence-corrected chi connectivity index (χ2v) is 6.39. The molecule has 1 aliphatic carbocycles. The van der Waals surface area contributed by atoms with E-state index >= 15 is 0 Å². The number of amides is 1. The van der Waals surface area contributed by atoms with Crippen LogP contribution >= 0.6 is 0 Å². The molecular weight excluding hydrogens is 202 g/mol. The third-order valence-corrected chi connectivity index (χ3v) is 5.14. The second kappa shape index (κ2) is 3.46. The normalized spacial score (nSPS) is 31.8. The fourth-order valence-corrected chi connectivity index (χ4v) is 3.30. The van der Waals surface area contributed by atoms with E-state index < -0.39 is 0 Å². The molecule has 0 radical (unpaired) electrons. The molecule has 0 aromatic heterocycles. The highest BCUT2D eigenvalue weighted by molar-refractivity contribution is 5.84. The number of nitrogens with zero attached hydrogens (tertiary/aromatic N) is 1. The molecule has 1 saturated heterocycles. The van der Waals surface area contributed by atoms with Crippen LogP contribution in [0.4, 0.5) is 0 Å². The molecule has 0 unspecified atom stereocenters. The third-order valence-electron chi connectivity index (χ3n) is 5.14. The van der Waals surface area contributed by atoms with Crippen LogP contribution in [0.3, 0.4) is 0 Å². The fraction of sp³-hybridized carbons (Fsp3) is 0.923. The Hall–Kier alpha value is -0.570. The van der Waals surface area contributed by atoms with Crippen LogP contribution in [0.15, 0.2) is 0 Å². The van der Waals surface area contributed by atoms with Crippen molar-refractivity contribution in [3.05, 3.63) is 0 Å². The highest BCUT2D eigenvalue weighted by atomic mass is 16.3. The number of aliphatic hydroxyl groups is 1. The van der Waals surface area contributed by atoms with Crippen LogP contribution in [0.5, 0.6) is 0 Å². The van der Waals surface area contributed by atoms with Gasteiger partial charge in [0.2, 0.25) is 5.91 Å². The van der Waals surface area contributed by atoms with Gasteiger partial charge in [-0.05, 0) is 23.7 Å². The largest absolute Gasteiger partial charge is 0.394 e. The summed E-state index contributed by atoms with van der Waals surface area (Å²) in [6.45, 7) is 9.60. The van der Waals surface area contributed by atoms with Crippen molar-refractivity contribution in [2.45, 2.75) is 46.6 Å². The summed E-state index contributed by atoms with van der Waals surface area (Å²) >= 11 is 0. The lowest BCUT2D eigenvalue weighted by Gasteiger charge is -2.24. The number of carbonyl (C=O) groups excluding carboxylic acids is 1. The first-order chi connectivity index (χ1) is 7.34. The van der Waals surface area contributed by atoms with Gasteiger partial charge in [0.1, 0.15) is 0 Å². The van der Waals surface area contributed by atoms with Crippen molar-refractivity contribution in [1.82, 2.24) is 4.90 Å². The molecule has 0 aromatic carbocycles. The Morgan fingerprint density at radius 1 is 1.31 bits per heavy atom. The summed E-state index contributed by atoms with van der Waals surface area (Å²) in [4.78, 5) is 14.3. The Balaban J connectivity index is 2.10. The first kappa shape index (κ1) is 11.9. The van der Waals surface area contributed by atoms with Crippen molar-refractivity contribution >= 4 is 5.91 Å². The van der Waals surface area contributed by atoms with Crippen LogP contribution in [0, 0.1) is 16.7 Å². The van der Waals surface area contributed by atoms with Crippen molar-refractivity contribution in [3.63, 3.8) is 0 Å². The maximum absolute atomic E-state index is 12.4. The molecule has 3 nitrogen and oxygen atoms in total. The Morgan fingerprint density at radius 2 is 1.88 bits per heavy atom. The molecule has 1 atom stereocenters. The molecule has 2 aliphatic rings. The Kier molecular flexibility index (Phi) is 2.57. The molecule has 92 valence electrons. The van der Waals surface area contributed by atoms with E-state index in [2.05, 4.69) is 27.7 Å². The summed E-state index contributed by atoms with van der Waals surface area (Å²) < 4.78 is 0. The molecule has 0 spiro atoms. The number of hydrogen-bond acceptors (Lipinski definition) is 2. The number of hydrogen-bond donors (Lipinski definition) is 1. The standard InChI is InChI=1S/C13H23NO2/c1-12(2)10(13(12,3)4)11(16)14-7-5-6-9(14)8-15/h9-10,15H,5-8H2,1-4H3/t9-/m1/s1. The zero-order valence-electron chi connectivity index (χ0n) is 10.8. The van der Waals surface area contributed by atoms with Gasteiger partial charge in [-0.1, -0.05) is 27.7 Å². The summed E-state index contributed by atoms with van der Waals surface area (Å²) in [6, 6.07) is 0.0692. The first-order valence-electron chi connectivity index (χ1n) is 6.25. The summed E-state index contributed by atoms with van der Waals surface area (Å²) in [5.74, 6) is 0.388. The van der Waals surface area contributed by atoms with Gasteiger partial charge in [-0.15, -0.1) is 0 Å². The lowest BCUT2D eigenvalue weighted by atomic mass is 10.0. The van der Waals surface area contributed by atoms with Crippen LogP contribution in [0.2, 0.25) is 0 Å². The van der Waals surface area contributed by atoms with Crippen molar-refractivity contribution in [2.75, 3.05) is 13.2 Å². The van der Waals surface area contributed by atoms with E-state index in [0.717, 1.165) is 19.4 Å². The summed E-state index contributed by atoms with van der Waals surface area (Å²) in [7, 11) is 0. The lowest BCUT2D eigenvalue weighted by Crippen LogP contribution is -2.39. The number of aliphatic hydroxyl groups excluding tert-OH is 1. The predicted octanol–water partition coefficient (Wildman–Crippen LogP) is 1.65. The average molecular weight is 225 g/mol. The molecule has 0 aromatic rings. The van der Waals surface area contributed by atoms with Crippen LogP contribution in [0.1, 0.15) is 40.5 Å². The van der Waals surface area contributed by atoms with Gasteiger partial charge in [-0.2, -0.15) is 0 Å². The predicted molar refractivity (Wildman–Crippen MR) is 62.9 cm³/mol. The Morgan fingerprint density at radius 3 is 2.31 bits per heavy atom. The summed E-state index contributed by atoms with van der Waals surface area (Å²) in [5.41, 5.74) is 0.208. The maximum Gasteiger partial charge on any atom is 0.227 e. The molecule has 1 saturated carbocycles. The van der Waals surface area contributed by atoms with Gasteiger partial charge in [-0.3, -0.25) is 4.79 Å². The van der Waals surface area contributed by atoms with Gasteiger partial charge in [0, 0.05) is 12.5 Å². The summed E-state index contributed by atoms with van der Waals surface area (Å²) in [6.07, 6.45) is 1.99. The quantitative estimate of drug-likeness (QED) is 0.776. The zero-order valence-corrected chi connectivity index (χ0v) is 10.8. The molecular formula is C13H23NO2. The van der Waals surface area contributed by atoms with Crippen LogP contribution in [-0.2, 0) is 4.79 Å². The SMILES string of the molecule is CC1(C)C(C(=O)N2CCC[C@@H]2CO)C1(C)C. The Labute approximate surface area is 97.8 Å². The average Bonchev–Trinajstić information content (AvgIpc) is 2.58. The molecule has 1 aliphatic heterocycles. The molecule has 16 heavy (non-hydrogen) atoms. The lowest BCUT2D eigenvalue weighted by molar-refractivity contribution is -0.135. The van der Waals surface area contributed by atoms with E-state index in [-0.39, 0.29) is 35.3 Å². The number of carbonyl (C=O) groups is 1. The minimum Gasteiger partial charge on any atom is -0.394 e. The molecule has 3 heteroatoms. The van der Waals surface area contributed by atoms with Gasteiger partial charge in [-0.25, -0.2) is 0 Å². The van der Waals surface area contributed by atoms with E-state index in [4.69, 9.17) is 0 Å². The zero-order chi connectivity index (χ0) is 12.1. The van der Waals surface area contributed by atoms with E-state index in [9.17, 15) is 9.90 Å². The molecule has 1 N–H and O–H groups in total. The number of rotatable bonds is 2. The van der Waals surface area contributed by atoms with Crippen molar-refractivity contribution in [1.29, 1.82) is 0 Å². The van der Waals surface area contributed by atoms with E-state index in [0.29, 0.717) is 0 Å². The van der Waals surface area contributed by atoms with Crippen LogP contribution < -0.4 is 0 Å². The van der Waals surface area contributed by atoms with E-state index in [1.165, 1.54) is 0 Å². The molecule has 1 amide bonds. The fourth-order valence-electron chi connectivity index (χ4n) is 3.30. The van der Waals surface area contributed by atoms with Gasteiger partial charge < -0.3 is 10.0 Å². The van der Waals surface area contributed by atoms with Gasteiger partial charge in [0.05, 0.1) is 12.6 Å². The highest BCUT2D eigenvalue weighted by Crippen LogP contribution is 2.69. The van der Waals surface area contributed by atoms with Crippen LogP contribution in [-0.4, -0.2) is 35.1 Å². The smallest absolute Gasteiger partial charge is 0.227 e. The Bertz CT molecular complexity index is 295. The third kappa shape index (κ3) is 1.41. The highest BCUT2D eigenvalue weighted by Gasteiger charge is 2.69. The minimum absolute atomic E-state index is 0.0692. The summed E-state index contributed by atoms with van der Waals surface area (Å²) in [5, 5.41) is 9.25. The topological polar surface area (TPSA) is 40.5 Å².